The average Bonchev–Trinajstić information content (AvgIpc) is 3.34. The molecule has 0 bridgehead atoms. The largest absolute Gasteiger partial charge is 0.339 e. The van der Waals surface area contributed by atoms with Crippen LogP contribution in [0.25, 0.3) is 11.4 Å². The molecule has 4 rings (SSSR count). The maximum Gasteiger partial charge on any atom is 0.242 e. The van der Waals surface area contributed by atoms with Gasteiger partial charge in [-0.2, -0.15) is 16.4 Å². The number of aromatic amines is 1. The van der Waals surface area contributed by atoms with E-state index in [2.05, 4.69) is 31.9 Å². The Balaban J connectivity index is 1.40. The molecule has 3 aromatic rings. The number of thiophene rings is 1. The van der Waals surface area contributed by atoms with Crippen LogP contribution in [0.3, 0.4) is 0 Å². The molecule has 0 saturated carbocycles. The van der Waals surface area contributed by atoms with Gasteiger partial charge >= 0.3 is 0 Å². The second-order valence-electron chi connectivity index (χ2n) is 6.73. The fourth-order valence-electron chi connectivity index (χ4n) is 3.32. The van der Waals surface area contributed by atoms with Gasteiger partial charge in [0.2, 0.25) is 5.91 Å². The first-order valence-corrected chi connectivity index (χ1v) is 10.8. The molecule has 1 saturated heterocycles. The number of aromatic nitrogens is 3. The Morgan fingerprint density at radius 1 is 1.18 bits per heavy atom. The Morgan fingerprint density at radius 3 is 2.61 bits per heavy atom. The quantitative estimate of drug-likeness (QED) is 0.624. The SMILES string of the molecule is O=C(Cn1c(-c2ccc(Cl)cc2)n[nH]c1=S)N1CCN(Cc2ccsc2)CC1. The Hall–Kier alpha value is -2.00. The maximum atomic E-state index is 12.9. The number of H-pyrrole nitrogens is 1. The number of nitrogens with zero attached hydrogens (tertiary/aromatic N) is 4. The number of amides is 1. The first-order chi connectivity index (χ1) is 13.6. The van der Waals surface area contributed by atoms with Crippen molar-refractivity contribution in [1.29, 1.82) is 0 Å². The molecule has 3 heterocycles. The molecule has 9 heteroatoms. The standard InChI is InChI=1S/C19H20ClN5OS2/c20-16-3-1-15(2-4-16)18-21-22-19(27)25(18)12-17(26)24-8-6-23(7-9-24)11-14-5-10-28-13-14/h1-5,10,13H,6-9,11-12H2,(H,22,27). The van der Waals surface area contributed by atoms with Crippen LogP contribution in [0.5, 0.6) is 0 Å². The van der Waals surface area contributed by atoms with Crippen LogP contribution in [-0.4, -0.2) is 56.7 Å². The topological polar surface area (TPSA) is 57.2 Å². The molecule has 1 fully saturated rings. The van der Waals surface area contributed by atoms with Crippen molar-refractivity contribution in [3.63, 3.8) is 0 Å². The zero-order valence-corrected chi connectivity index (χ0v) is 17.6. The van der Waals surface area contributed by atoms with Gasteiger partial charge in [-0.15, -0.1) is 0 Å². The van der Waals surface area contributed by atoms with E-state index in [0.29, 0.717) is 15.6 Å². The van der Waals surface area contributed by atoms with E-state index in [1.807, 2.05) is 17.0 Å². The summed E-state index contributed by atoms with van der Waals surface area (Å²) in [6.45, 7) is 4.33. The lowest BCUT2D eigenvalue weighted by Gasteiger charge is -2.34. The van der Waals surface area contributed by atoms with Gasteiger partial charge in [-0.25, -0.2) is 0 Å². The third-order valence-corrected chi connectivity index (χ3v) is 6.16. The number of benzene rings is 1. The second-order valence-corrected chi connectivity index (χ2v) is 8.34. The van der Waals surface area contributed by atoms with Gasteiger partial charge in [0.25, 0.3) is 0 Å². The van der Waals surface area contributed by atoms with E-state index >= 15 is 0 Å². The van der Waals surface area contributed by atoms with Gasteiger partial charge in [0.1, 0.15) is 6.54 Å². The second kappa shape index (κ2) is 8.57. The van der Waals surface area contributed by atoms with E-state index in [-0.39, 0.29) is 12.5 Å². The van der Waals surface area contributed by atoms with E-state index < -0.39 is 0 Å². The highest BCUT2D eigenvalue weighted by Crippen LogP contribution is 2.20. The molecule has 1 N–H and O–H groups in total. The Morgan fingerprint density at radius 2 is 1.93 bits per heavy atom. The van der Waals surface area contributed by atoms with Crippen molar-refractivity contribution in [3.05, 3.63) is 56.4 Å². The van der Waals surface area contributed by atoms with Crippen LogP contribution in [0, 0.1) is 4.77 Å². The summed E-state index contributed by atoms with van der Waals surface area (Å²) >= 11 is 13.0. The Bertz CT molecular complexity index is 988. The molecule has 1 aliphatic heterocycles. The molecule has 0 spiro atoms. The number of halogens is 1. The number of hydrogen-bond acceptors (Lipinski definition) is 5. The van der Waals surface area contributed by atoms with Crippen LogP contribution in [0.15, 0.2) is 41.1 Å². The minimum Gasteiger partial charge on any atom is -0.339 e. The third kappa shape index (κ3) is 4.35. The minimum absolute atomic E-state index is 0.0582. The zero-order chi connectivity index (χ0) is 19.5. The number of nitrogens with one attached hydrogen (secondary N) is 1. The summed E-state index contributed by atoms with van der Waals surface area (Å²) in [5.41, 5.74) is 2.20. The van der Waals surface area contributed by atoms with Crippen LogP contribution in [0.1, 0.15) is 5.56 Å². The first-order valence-electron chi connectivity index (χ1n) is 9.02. The van der Waals surface area contributed by atoms with Crippen molar-refractivity contribution in [2.75, 3.05) is 26.2 Å². The first kappa shape index (κ1) is 19.3. The highest BCUT2D eigenvalue weighted by Gasteiger charge is 2.22. The summed E-state index contributed by atoms with van der Waals surface area (Å²) in [6, 6.07) is 9.50. The number of carbonyl (C=O) groups is 1. The van der Waals surface area contributed by atoms with Gasteiger partial charge in [-0.05, 0) is 58.9 Å². The maximum absolute atomic E-state index is 12.9. The number of rotatable bonds is 5. The molecule has 1 aromatic carbocycles. The molecule has 0 radical (unpaired) electrons. The monoisotopic (exact) mass is 433 g/mol. The number of hydrogen-bond donors (Lipinski definition) is 1. The molecule has 146 valence electrons. The summed E-state index contributed by atoms with van der Waals surface area (Å²) < 4.78 is 2.19. The fourth-order valence-corrected chi connectivity index (χ4v) is 4.30. The van der Waals surface area contributed by atoms with Crippen molar-refractivity contribution >= 4 is 41.1 Å². The summed E-state index contributed by atoms with van der Waals surface area (Å²) in [6.07, 6.45) is 0. The van der Waals surface area contributed by atoms with Gasteiger partial charge in [0.15, 0.2) is 10.6 Å². The average molecular weight is 434 g/mol. The van der Waals surface area contributed by atoms with Gasteiger partial charge in [-0.3, -0.25) is 19.4 Å². The van der Waals surface area contributed by atoms with Crippen LogP contribution in [-0.2, 0) is 17.9 Å². The summed E-state index contributed by atoms with van der Waals surface area (Å²) in [7, 11) is 0. The number of piperazine rings is 1. The van der Waals surface area contributed by atoms with Gasteiger partial charge < -0.3 is 4.90 Å². The zero-order valence-electron chi connectivity index (χ0n) is 15.2. The molecule has 6 nitrogen and oxygen atoms in total. The Labute approximate surface area is 177 Å². The fraction of sp³-hybridized carbons (Fsp3) is 0.316. The third-order valence-electron chi connectivity index (χ3n) is 4.87. The normalized spacial score (nSPS) is 15.1. The van der Waals surface area contributed by atoms with Crippen molar-refractivity contribution in [2.45, 2.75) is 13.1 Å². The van der Waals surface area contributed by atoms with Crippen molar-refractivity contribution in [1.82, 2.24) is 24.6 Å². The van der Waals surface area contributed by atoms with Gasteiger partial charge in [0.05, 0.1) is 0 Å². The minimum atomic E-state index is 0.0582. The molecule has 0 atom stereocenters. The summed E-state index contributed by atoms with van der Waals surface area (Å²) in [5.74, 6) is 0.703. The Kier molecular flexibility index (Phi) is 5.91. The van der Waals surface area contributed by atoms with Crippen LogP contribution >= 0.6 is 35.2 Å². The van der Waals surface area contributed by atoms with E-state index in [4.69, 9.17) is 23.8 Å². The van der Waals surface area contributed by atoms with Gasteiger partial charge in [-0.1, -0.05) is 11.6 Å². The van der Waals surface area contributed by atoms with Gasteiger partial charge in [0, 0.05) is 43.3 Å². The van der Waals surface area contributed by atoms with E-state index in [9.17, 15) is 4.79 Å². The predicted molar refractivity (Wildman–Crippen MR) is 114 cm³/mol. The van der Waals surface area contributed by atoms with Crippen LogP contribution in [0.2, 0.25) is 5.02 Å². The smallest absolute Gasteiger partial charge is 0.242 e. The van der Waals surface area contributed by atoms with E-state index in [0.717, 1.165) is 38.3 Å². The molecule has 28 heavy (non-hydrogen) atoms. The lowest BCUT2D eigenvalue weighted by Crippen LogP contribution is -2.49. The molecule has 0 unspecified atom stereocenters. The van der Waals surface area contributed by atoms with Crippen molar-refractivity contribution < 1.29 is 4.79 Å². The summed E-state index contributed by atoms with van der Waals surface area (Å²) in [4.78, 5) is 17.1. The van der Waals surface area contributed by atoms with Crippen LogP contribution in [0.4, 0.5) is 0 Å². The number of carbonyl (C=O) groups excluding carboxylic acids is 1. The molecule has 1 amide bonds. The van der Waals surface area contributed by atoms with Crippen LogP contribution < -0.4 is 0 Å². The lowest BCUT2D eigenvalue weighted by atomic mass is 10.2. The molecule has 1 aliphatic rings. The molecule has 0 aliphatic carbocycles. The van der Waals surface area contributed by atoms with E-state index in [1.165, 1.54) is 5.56 Å². The predicted octanol–water partition coefficient (Wildman–Crippen LogP) is 3.67. The molecule has 2 aromatic heterocycles. The highest BCUT2D eigenvalue weighted by atomic mass is 35.5. The summed E-state index contributed by atoms with van der Waals surface area (Å²) in [5, 5.41) is 12.0. The lowest BCUT2D eigenvalue weighted by molar-refractivity contribution is -0.133. The van der Waals surface area contributed by atoms with Crippen molar-refractivity contribution in [3.8, 4) is 11.4 Å². The molecular formula is C19H20ClN5OS2. The molecular weight excluding hydrogens is 414 g/mol. The highest BCUT2D eigenvalue weighted by molar-refractivity contribution is 7.71. The van der Waals surface area contributed by atoms with Crippen molar-refractivity contribution in [2.24, 2.45) is 0 Å². The van der Waals surface area contributed by atoms with E-state index in [1.54, 1.807) is 28.0 Å².